The molecule has 5 heteroatoms. The second kappa shape index (κ2) is 7.55. The fourth-order valence-corrected chi connectivity index (χ4v) is 2.73. The molecule has 1 unspecified atom stereocenters. The quantitative estimate of drug-likeness (QED) is 0.877. The third kappa shape index (κ3) is 5.06. The average molecular weight is 309 g/mol. The van der Waals surface area contributed by atoms with Gasteiger partial charge >= 0.3 is 0 Å². The fourth-order valence-electron chi connectivity index (χ4n) is 2.73. The van der Waals surface area contributed by atoms with Crippen LogP contribution in [0.25, 0.3) is 0 Å². The molecule has 2 rings (SSSR count). The predicted octanol–water partition coefficient (Wildman–Crippen LogP) is 3.03. The van der Waals surface area contributed by atoms with Crippen molar-refractivity contribution >= 4 is 0 Å². The molecule has 1 fully saturated rings. The van der Waals surface area contributed by atoms with Crippen LogP contribution in [0.5, 0.6) is 0 Å². The number of ether oxygens (including phenoxy) is 1. The van der Waals surface area contributed by atoms with E-state index in [9.17, 15) is 0 Å². The van der Waals surface area contributed by atoms with Gasteiger partial charge < -0.3 is 9.84 Å². The van der Waals surface area contributed by atoms with E-state index in [1.54, 1.807) is 0 Å². The number of hydrogen-bond donors (Lipinski definition) is 1. The van der Waals surface area contributed by atoms with Gasteiger partial charge in [0, 0.05) is 13.2 Å². The van der Waals surface area contributed by atoms with Gasteiger partial charge in [-0.3, -0.25) is 4.68 Å². The van der Waals surface area contributed by atoms with Crippen LogP contribution in [0, 0.1) is 17.3 Å². The number of rotatable bonds is 6. The predicted molar refractivity (Wildman–Crippen MR) is 86.3 cm³/mol. The normalized spacial score (nSPS) is 24.4. The van der Waals surface area contributed by atoms with Gasteiger partial charge in [-0.15, -0.1) is 5.10 Å². The SMILES string of the molecule is CC(Cn1cc(COC2CCC(CO)CC2)nn1)C(C)(C)C. The number of aromatic nitrogens is 3. The summed E-state index contributed by atoms with van der Waals surface area (Å²) in [6.07, 6.45) is 6.53. The van der Waals surface area contributed by atoms with E-state index in [2.05, 4.69) is 38.0 Å². The van der Waals surface area contributed by atoms with Crippen molar-refractivity contribution in [2.75, 3.05) is 6.61 Å². The zero-order chi connectivity index (χ0) is 16.2. The first-order chi connectivity index (χ1) is 10.4. The Bertz CT molecular complexity index is 445. The molecular formula is C17H31N3O2. The van der Waals surface area contributed by atoms with Crippen molar-refractivity contribution in [3.8, 4) is 0 Å². The topological polar surface area (TPSA) is 60.2 Å². The molecule has 1 atom stereocenters. The molecular weight excluding hydrogens is 278 g/mol. The van der Waals surface area contributed by atoms with Crippen molar-refractivity contribution < 1.29 is 9.84 Å². The van der Waals surface area contributed by atoms with Crippen molar-refractivity contribution in [2.45, 2.75) is 72.6 Å². The van der Waals surface area contributed by atoms with Crippen molar-refractivity contribution in [2.24, 2.45) is 17.3 Å². The Kier molecular flexibility index (Phi) is 5.98. The maximum Gasteiger partial charge on any atom is 0.108 e. The largest absolute Gasteiger partial charge is 0.396 e. The number of aliphatic hydroxyl groups excluding tert-OH is 1. The maximum atomic E-state index is 9.16. The van der Waals surface area contributed by atoms with Crippen LogP contribution in [0.15, 0.2) is 6.20 Å². The molecule has 1 saturated carbocycles. The van der Waals surface area contributed by atoms with Gasteiger partial charge in [0.1, 0.15) is 5.69 Å². The molecule has 1 heterocycles. The van der Waals surface area contributed by atoms with E-state index in [4.69, 9.17) is 9.84 Å². The second-order valence-electron chi connectivity index (χ2n) is 7.84. The number of nitrogens with zero attached hydrogens (tertiary/aromatic N) is 3. The van der Waals surface area contributed by atoms with Gasteiger partial charge in [-0.2, -0.15) is 0 Å². The highest BCUT2D eigenvalue weighted by Crippen LogP contribution is 2.27. The van der Waals surface area contributed by atoms with Crippen molar-refractivity contribution in [3.05, 3.63) is 11.9 Å². The summed E-state index contributed by atoms with van der Waals surface area (Å²) in [4.78, 5) is 0. The lowest BCUT2D eigenvalue weighted by molar-refractivity contribution is -0.000192. The molecule has 5 nitrogen and oxygen atoms in total. The molecule has 1 aliphatic carbocycles. The molecule has 1 aliphatic rings. The lowest BCUT2D eigenvalue weighted by Crippen LogP contribution is -2.23. The van der Waals surface area contributed by atoms with Gasteiger partial charge in [0.25, 0.3) is 0 Å². The third-order valence-corrected chi connectivity index (χ3v) is 5.04. The summed E-state index contributed by atoms with van der Waals surface area (Å²) in [5, 5.41) is 17.6. The van der Waals surface area contributed by atoms with Crippen LogP contribution in [-0.2, 0) is 17.9 Å². The zero-order valence-electron chi connectivity index (χ0n) is 14.5. The lowest BCUT2D eigenvalue weighted by atomic mass is 9.82. The highest BCUT2D eigenvalue weighted by atomic mass is 16.5. The lowest BCUT2D eigenvalue weighted by Gasteiger charge is -2.27. The molecule has 1 aromatic rings. The average Bonchev–Trinajstić information content (AvgIpc) is 2.92. The first kappa shape index (κ1) is 17.4. The molecule has 1 N–H and O–H groups in total. The number of aliphatic hydroxyl groups is 1. The van der Waals surface area contributed by atoms with E-state index >= 15 is 0 Å². The minimum atomic E-state index is 0.272. The first-order valence-electron chi connectivity index (χ1n) is 8.50. The molecule has 0 saturated heterocycles. The van der Waals surface area contributed by atoms with Crippen LogP contribution in [0.3, 0.4) is 0 Å². The van der Waals surface area contributed by atoms with E-state index in [-0.39, 0.29) is 5.41 Å². The monoisotopic (exact) mass is 309 g/mol. The molecule has 0 aromatic carbocycles. The molecule has 0 radical (unpaired) electrons. The van der Waals surface area contributed by atoms with Crippen LogP contribution >= 0.6 is 0 Å². The van der Waals surface area contributed by atoms with Crippen LogP contribution in [-0.4, -0.2) is 32.8 Å². The van der Waals surface area contributed by atoms with E-state index in [1.165, 1.54) is 0 Å². The molecule has 126 valence electrons. The Hall–Kier alpha value is -0.940. The molecule has 0 amide bonds. The highest BCUT2D eigenvalue weighted by molar-refractivity contribution is 4.90. The summed E-state index contributed by atoms with van der Waals surface area (Å²) < 4.78 is 7.88. The van der Waals surface area contributed by atoms with Gasteiger partial charge in [0.05, 0.1) is 18.9 Å². The summed E-state index contributed by atoms with van der Waals surface area (Å²) in [6.45, 7) is 10.7. The van der Waals surface area contributed by atoms with E-state index < -0.39 is 0 Å². The Morgan fingerprint density at radius 2 is 2.00 bits per heavy atom. The summed E-state index contributed by atoms with van der Waals surface area (Å²) >= 11 is 0. The Morgan fingerprint density at radius 1 is 1.32 bits per heavy atom. The summed E-state index contributed by atoms with van der Waals surface area (Å²) in [7, 11) is 0. The van der Waals surface area contributed by atoms with Gasteiger partial charge in [0.2, 0.25) is 0 Å². The van der Waals surface area contributed by atoms with Crippen LogP contribution in [0.1, 0.15) is 59.1 Å². The van der Waals surface area contributed by atoms with E-state index in [0.717, 1.165) is 37.9 Å². The third-order valence-electron chi connectivity index (χ3n) is 5.04. The summed E-state index contributed by atoms with van der Waals surface area (Å²) in [6, 6.07) is 0. The minimum Gasteiger partial charge on any atom is -0.396 e. The summed E-state index contributed by atoms with van der Waals surface area (Å²) in [5.74, 6) is 1.01. The molecule has 0 spiro atoms. The van der Waals surface area contributed by atoms with Crippen molar-refractivity contribution in [1.29, 1.82) is 0 Å². The molecule has 22 heavy (non-hydrogen) atoms. The van der Waals surface area contributed by atoms with Crippen molar-refractivity contribution in [1.82, 2.24) is 15.0 Å². The second-order valence-corrected chi connectivity index (χ2v) is 7.84. The van der Waals surface area contributed by atoms with E-state index in [0.29, 0.717) is 31.2 Å². The zero-order valence-corrected chi connectivity index (χ0v) is 14.5. The van der Waals surface area contributed by atoms with Gasteiger partial charge in [-0.25, -0.2) is 0 Å². The summed E-state index contributed by atoms with van der Waals surface area (Å²) in [5.41, 5.74) is 1.18. The Labute approximate surface area is 134 Å². The van der Waals surface area contributed by atoms with Crippen LogP contribution < -0.4 is 0 Å². The molecule has 0 aliphatic heterocycles. The minimum absolute atomic E-state index is 0.272. The fraction of sp³-hybridized carbons (Fsp3) is 0.882. The first-order valence-corrected chi connectivity index (χ1v) is 8.50. The van der Waals surface area contributed by atoms with Gasteiger partial charge in [-0.05, 0) is 42.9 Å². The Balaban J connectivity index is 1.76. The van der Waals surface area contributed by atoms with Crippen LogP contribution in [0.2, 0.25) is 0 Å². The maximum absolute atomic E-state index is 9.16. The highest BCUT2D eigenvalue weighted by Gasteiger charge is 2.22. The smallest absolute Gasteiger partial charge is 0.108 e. The Morgan fingerprint density at radius 3 is 2.59 bits per heavy atom. The molecule has 0 bridgehead atoms. The van der Waals surface area contributed by atoms with Crippen LogP contribution in [0.4, 0.5) is 0 Å². The molecule has 1 aromatic heterocycles. The van der Waals surface area contributed by atoms with Gasteiger partial charge in [-0.1, -0.05) is 32.9 Å². The standard InChI is InChI=1S/C17H31N3O2/c1-13(17(2,3)4)9-20-10-15(18-19-20)12-22-16-7-5-14(11-21)6-8-16/h10,13-14,16,21H,5-9,11-12H2,1-4H3. The number of hydrogen-bond acceptors (Lipinski definition) is 4. The van der Waals surface area contributed by atoms with Gasteiger partial charge in [0.15, 0.2) is 0 Å². The van der Waals surface area contributed by atoms with Crippen molar-refractivity contribution in [3.63, 3.8) is 0 Å². The van der Waals surface area contributed by atoms with E-state index in [1.807, 2.05) is 10.9 Å².